The SMILES string of the molecule is [2H]c1c([2H])c2c(c(C([2H])([2H])C([2H])([2H])N(C([2H])([2H])C([2H])([2H])C([2H])([2H])[2H])C([2H])([2H])C([2H])([2H])C([2H])([2H])[2H])c1[2H])CC(=C)N2. The molecule has 1 aliphatic rings. The molecule has 0 fully saturated rings. The zero-order chi connectivity index (χ0) is 32.0. The van der Waals surface area contributed by atoms with E-state index in [0.29, 0.717) is 0 Å². The summed E-state index contributed by atoms with van der Waals surface area (Å²) in [7, 11) is 0. The summed E-state index contributed by atoms with van der Waals surface area (Å²) in [5, 5.41) is 2.57. The van der Waals surface area contributed by atoms with Crippen LogP contribution < -0.4 is 5.32 Å². The van der Waals surface area contributed by atoms with Gasteiger partial charge in [-0.05, 0) is 49.3 Å². The van der Waals surface area contributed by atoms with Crippen LogP contribution >= 0.6 is 0 Å². The monoisotopic (exact) mass is 279 g/mol. The van der Waals surface area contributed by atoms with Gasteiger partial charge in [0.2, 0.25) is 0 Å². The molecule has 0 saturated heterocycles. The van der Waals surface area contributed by atoms with Gasteiger partial charge in [-0.3, -0.25) is 0 Å². The quantitative estimate of drug-likeness (QED) is 0.816. The van der Waals surface area contributed by atoms with Crippen molar-refractivity contribution in [3.63, 3.8) is 0 Å². The third-order valence-corrected chi connectivity index (χ3v) is 2.30. The number of nitrogens with zero attached hydrogens (tertiary/aromatic N) is 1. The van der Waals surface area contributed by atoms with Gasteiger partial charge in [0.1, 0.15) is 0 Å². The molecular weight excluding hydrogens is 232 g/mol. The Morgan fingerprint density at radius 1 is 1.37 bits per heavy atom. The Hall–Kier alpha value is -1.28. The summed E-state index contributed by atoms with van der Waals surface area (Å²) in [6.07, 6.45) is -12.8. The molecule has 1 aromatic rings. The fraction of sp³-hybridized carbons (Fsp3) is 0.529. The topological polar surface area (TPSA) is 15.3 Å². The van der Waals surface area contributed by atoms with Gasteiger partial charge in [0.25, 0.3) is 0 Å². The van der Waals surface area contributed by atoms with E-state index in [1.807, 2.05) is 0 Å². The van der Waals surface area contributed by atoms with Crippen molar-refractivity contribution in [2.45, 2.75) is 39.2 Å². The van der Waals surface area contributed by atoms with Gasteiger partial charge < -0.3 is 10.2 Å². The van der Waals surface area contributed by atoms with Gasteiger partial charge in [0.05, 0.1) is 4.11 Å². The van der Waals surface area contributed by atoms with Gasteiger partial charge >= 0.3 is 0 Å². The first-order valence-electron chi connectivity index (χ1n) is 15.7. The predicted octanol–water partition coefficient (Wildman–Crippen LogP) is 3.83. The Bertz CT molecular complexity index is 1150. The lowest BCUT2D eigenvalue weighted by Gasteiger charge is -2.21. The highest BCUT2D eigenvalue weighted by Crippen LogP contribution is 2.30. The van der Waals surface area contributed by atoms with E-state index in [4.69, 9.17) is 28.8 Å². The number of rotatable bonds is 7. The summed E-state index contributed by atoms with van der Waals surface area (Å²) in [4.78, 5) is -1.06. The van der Waals surface area contributed by atoms with Crippen LogP contribution in [0.4, 0.5) is 5.69 Å². The number of allylic oxidation sites excluding steroid dienone is 1. The third kappa shape index (κ3) is 3.60. The minimum Gasteiger partial charge on any atom is -0.359 e. The maximum absolute atomic E-state index is 8.69. The van der Waals surface area contributed by atoms with Crippen molar-refractivity contribution >= 4 is 5.69 Å². The van der Waals surface area contributed by atoms with Crippen LogP contribution in [0, 0.1) is 0 Å². The van der Waals surface area contributed by atoms with Gasteiger partial charge in [-0.1, -0.05) is 32.4 Å². The third-order valence-electron chi connectivity index (χ3n) is 2.30. The van der Waals surface area contributed by atoms with Crippen LogP contribution in [-0.4, -0.2) is 24.4 Å². The summed E-state index contributed by atoms with van der Waals surface area (Å²) >= 11 is 0. The second kappa shape index (κ2) is 6.76. The van der Waals surface area contributed by atoms with Crippen LogP contribution in [0.15, 0.2) is 30.4 Å². The maximum atomic E-state index is 8.69. The smallest absolute Gasteiger partial charge is 0.0645 e. The number of nitrogens with one attached hydrogen (secondary N) is 1. The lowest BCUT2D eigenvalue weighted by Crippen LogP contribution is -2.27. The van der Waals surface area contributed by atoms with Crippen molar-refractivity contribution in [2.24, 2.45) is 0 Å². The maximum Gasteiger partial charge on any atom is 0.0645 e. The molecule has 104 valence electrons. The van der Waals surface area contributed by atoms with Crippen LogP contribution in [0.2, 0.25) is 0 Å². The largest absolute Gasteiger partial charge is 0.359 e. The molecule has 0 radical (unpaired) electrons. The highest BCUT2D eigenvalue weighted by molar-refractivity contribution is 5.64. The minimum absolute atomic E-state index is 0.117. The highest BCUT2D eigenvalue weighted by Gasteiger charge is 2.16. The van der Waals surface area contributed by atoms with Crippen LogP contribution in [-0.2, 0) is 12.8 Å². The molecule has 0 aliphatic carbocycles. The Morgan fingerprint density at radius 3 is 2.89 bits per heavy atom. The van der Waals surface area contributed by atoms with E-state index < -0.39 is 80.9 Å². The lowest BCUT2D eigenvalue weighted by molar-refractivity contribution is 0.278. The molecular formula is C17H26N2. The second-order valence-corrected chi connectivity index (χ2v) is 3.55. The van der Waals surface area contributed by atoms with E-state index in [-0.39, 0.29) is 23.4 Å². The van der Waals surface area contributed by atoms with Crippen LogP contribution in [0.25, 0.3) is 0 Å². The van der Waals surface area contributed by atoms with Crippen LogP contribution in [0.5, 0.6) is 0 Å². The first kappa shape index (κ1) is 3.14. The molecule has 0 saturated carbocycles. The number of benzene rings is 1. The van der Waals surface area contributed by atoms with Crippen molar-refractivity contribution in [2.75, 3.05) is 24.8 Å². The van der Waals surface area contributed by atoms with Crippen molar-refractivity contribution in [1.82, 2.24) is 4.90 Å². The Kier molecular flexibility index (Phi) is 1.12. The van der Waals surface area contributed by atoms with E-state index >= 15 is 0 Å². The lowest BCUT2D eigenvalue weighted by atomic mass is 10.0. The van der Waals surface area contributed by atoms with Crippen molar-refractivity contribution in [3.05, 3.63) is 41.5 Å². The van der Waals surface area contributed by atoms with E-state index in [0.717, 1.165) is 0 Å². The summed E-state index contributed by atoms with van der Waals surface area (Å²) < 4.78 is 169. The molecule has 2 heteroatoms. The molecule has 0 unspecified atom stereocenters. The average Bonchev–Trinajstić information content (AvgIpc) is 3.10. The number of hydrogen-bond acceptors (Lipinski definition) is 2. The Balaban J connectivity index is 3.09. The summed E-state index contributed by atoms with van der Waals surface area (Å²) in [5.41, 5.74) is -1.51. The molecule has 1 heterocycles. The molecule has 2 rings (SSSR count). The van der Waals surface area contributed by atoms with Gasteiger partial charge in [0.15, 0.2) is 0 Å². The molecule has 19 heavy (non-hydrogen) atoms. The number of hydrogen-bond donors (Lipinski definition) is 1. The van der Waals surface area contributed by atoms with E-state index in [1.165, 1.54) is 0 Å². The van der Waals surface area contributed by atoms with Gasteiger partial charge in [-0.2, -0.15) is 0 Å². The Labute approximate surface area is 147 Å². The first-order chi connectivity index (χ1) is 17.3. The van der Waals surface area contributed by atoms with E-state index in [9.17, 15) is 0 Å². The fourth-order valence-electron chi connectivity index (χ4n) is 1.56. The van der Waals surface area contributed by atoms with Gasteiger partial charge in [-0.25, -0.2) is 0 Å². The van der Waals surface area contributed by atoms with E-state index in [2.05, 4.69) is 11.9 Å². The normalized spacial score (nSPS) is 35.8. The minimum atomic E-state index is -4.50. The Morgan fingerprint density at radius 2 is 2.16 bits per heavy atom. The molecule has 0 amide bonds. The zero-order valence-corrected chi connectivity index (χ0v) is 9.86. The van der Waals surface area contributed by atoms with Crippen LogP contribution in [0.1, 0.15) is 66.4 Å². The highest BCUT2D eigenvalue weighted by atomic mass is 15.1. The molecule has 1 aliphatic heterocycles. The summed E-state index contributed by atoms with van der Waals surface area (Å²) in [6, 6.07) is -2.66. The summed E-state index contributed by atoms with van der Waals surface area (Å²) in [6.45, 7) is -17.8. The molecule has 0 bridgehead atoms. The molecule has 2 nitrogen and oxygen atoms in total. The zero-order valence-electron chi connectivity index (χ0n) is 30.9. The molecule has 1 aromatic carbocycles. The number of fused-ring (bicyclic) bond motifs is 1. The van der Waals surface area contributed by atoms with Crippen molar-refractivity contribution in [3.8, 4) is 0 Å². The van der Waals surface area contributed by atoms with Gasteiger partial charge in [0, 0.05) is 49.0 Å². The number of anilines is 1. The van der Waals surface area contributed by atoms with Crippen molar-refractivity contribution in [1.29, 1.82) is 0 Å². The summed E-state index contributed by atoms with van der Waals surface area (Å²) in [5.74, 6) is 0. The van der Waals surface area contributed by atoms with Gasteiger partial charge in [-0.15, -0.1) is 0 Å². The first-order valence-corrected chi connectivity index (χ1v) is 5.23. The molecule has 1 N–H and O–H groups in total. The van der Waals surface area contributed by atoms with E-state index in [1.54, 1.807) is 0 Å². The van der Waals surface area contributed by atoms with Crippen LogP contribution in [0.3, 0.4) is 0 Å². The molecule has 0 aromatic heterocycles. The second-order valence-electron chi connectivity index (χ2n) is 3.55. The van der Waals surface area contributed by atoms with Crippen molar-refractivity contribution < 1.29 is 28.8 Å². The molecule has 0 spiro atoms. The molecule has 0 atom stereocenters. The standard InChI is InChI=1S/C17H26N2/c1-4-10-19(11-5-2)12-9-15-7-6-8-17-16(15)13-14(3)18-17/h6-8,18H,3-5,9-13H2,1-2H3/i1D3,2D3,4D2,5D2,6D,7D,8D,9D2,10D2,11D2,12D2. The predicted molar refractivity (Wildman–Crippen MR) is 83.6 cm³/mol. The average molecular weight is 280 g/mol. The fourth-order valence-corrected chi connectivity index (χ4v) is 1.56.